The SMILES string of the molecule is C#N.CC.Cc1ccc(-c2ccc(NC(=O)Cc3ccc(-c4ccc5c(c4)OCCO5)cc3)cc2)c(C)c1.Cc1ccc(C(=O)O)cc1. The van der Waals surface area contributed by atoms with E-state index in [0.29, 0.717) is 25.2 Å². The van der Waals surface area contributed by atoms with Crippen molar-refractivity contribution in [2.45, 2.75) is 41.0 Å². The van der Waals surface area contributed by atoms with Crippen LogP contribution in [0, 0.1) is 32.6 Å². The number of fused-ring (bicyclic) bond motifs is 1. The van der Waals surface area contributed by atoms with Crippen molar-refractivity contribution in [2.24, 2.45) is 0 Å². The van der Waals surface area contributed by atoms with Gasteiger partial charge in [0.15, 0.2) is 11.5 Å². The molecule has 5 aromatic rings. The van der Waals surface area contributed by atoms with Crippen LogP contribution >= 0.6 is 0 Å². The van der Waals surface area contributed by atoms with Gasteiger partial charge >= 0.3 is 5.97 Å². The number of hydrogen-bond donors (Lipinski definition) is 2. The van der Waals surface area contributed by atoms with Crippen LogP contribution in [0.3, 0.4) is 0 Å². The maximum atomic E-state index is 12.6. The highest BCUT2D eigenvalue weighted by Gasteiger charge is 2.13. The number of rotatable bonds is 6. The van der Waals surface area contributed by atoms with E-state index in [1.807, 2.05) is 75.4 Å². The summed E-state index contributed by atoms with van der Waals surface area (Å²) in [4.78, 5) is 22.9. The molecule has 0 radical (unpaired) electrons. The van der Waals surface area contributed by atoms with Crippen molar-refractivity contribution in [1.82, 2.24) is 0 Å². The number of hydrogen-bond acceptors (Lipinski definition) is 5. The van der Waals surface area contributed by atoms with E-state index >= 15 is 0 Å². The molecule has 5 aromatic carbocycles. The Morgan fingerprint density at radius 2 is 1.25 bits per heavy atom. The molecule has 7 nitrogen and oxygen atoms in total. The fraction of sp³-hybridized carbons (Fsp3) is 0.195. The standard InChI is InChI=1S/C30H27NO3.C8H8O2.C2H6.CHN/c1-20-3-13-27(21(2)17-20)24-8-11-26(12-9-24)31-30(32)18-22-4-6-23(7-5-22)25-10-14-28-29(19-25)34-16-15-33-28;1-6-2-4-7(5-3-6)8(9)10;2*1-2/h3-14,17,19H,15-16,18H2,1-2H3,(H,31,32);2-5H,1H3,(H,9,10);1-2H3;1H. The fourth-order valence-electron chi connectivity index (χ4n) is 5.00. The lowest BCUT2D eigenvalue weighted by Gasteiger charge is -2.19. The molecular formula is C41H42N2O5. The van der Waals surface area contributed by atoms with Crippen molar-refractivity contribution in [2.75, 3.05) is 18.5 Å². The Balaban J connectivity index is 0.000000378. The molecule has 0 bridgehead atoms. The van der Waals surface area contributed by atoms with Crippen molar-refractivity contribution in [3.05, 3.63) is 137 Å². The van der Waals surface area contributed by atoms with Gasteiger partial charge in [-0.2, -0.15) is 0 Å². The topological polar surface area (TPSA) is 109 Å². The third kappa shape index (κ3) is 10.3. The van der Waals surface area contributed by atoms with Crippen LogP contribution in [0.2, 0.25) is 0 Å². The lowest BCUT2D eigenvalue weighted by molar-refractivity contribution is -0.115. The second-order valence-electron chi connectivity index (χ2n) is 10.8. The molecule has 0 saturated carbocycles. The number of aromatic carboxylic acids is 1. The third-order valence-electron chi connectivity index (χ3n) is 7.35. The minimum Gasteiger partial charge on any atom is -0.486 e. The Morgan fingerprint density at radius 1 is 0.688 bits per heavy atom. The first kappa shape index (κ1) is 36.6. The largest absolute Gasteiger partial charge is 0.486 e. The molecule has 0 fully saturated rings. The van der Waals surface area contributed by atoms with E-state index in [1.165, 1.54) is 16.7 Å². The highest BCUT2D eigenvalue weighted by atomic mass is 16.6. The lowest BCUT2D eigenvalue weighted by Crippen LogP contribution is -2.15. The Bertz CT molecular complexity index is 1810. The molecule has 48 heavy (non-hydrogen) atoms. The van der Waals surface area contributed by atoms with E-state index in [0.717, 1.165) is 45.0 Å². The number of carbonyl (C=O) groups is 2. The smallest absolute Gasteiger partial charge is 0.335 e. The summed E-state index contributed by atoms with van der Waals surface area (Å²) >= 11 is 0. The molecule has 1 amide bonds. The minimum absolute atomic E-state index is 0.0358. The van der Waals surface area contributed by atoms with Gasteiger partial charge in [-0.25, -0.2) is 10.1 Å². The van der Waals surface area contributed by atoms with Crippen molar-refractivity contribution in [3.63, 3.8) is 0 Å². The molecule has 6 rings (SSSR count). The Kier molecular flexibility index (Phi) is 14.0. The Morgan fingerprint density at radius 3 is 1.85 bits per heavy atom. The summed E-state index contributed by atoms with van der Waals surface area (Å²) < 4.78 is 11.3. The zero-order valence-electron chi connectivity index (χ0n) is 28.1. The highest BCUT2D eigenvalue weighted by Crippen LogP contribution is 2.34. The fourth-order valence-corrected chi connectivity index (χ4v) is 5.00. The van der Waals surface area contributed by atoms with E-state index in [4.69, 9.17) is 19.8 Å². The zero-order valence-corrected chi connectivity index (χ0v) is 28.1. The molecule has 1 aliphatic rings. The van der Waals surface area contributed by atoms with Crippen LogP contribution < -0.4 is 14.8 Å². The number of benzene rings is 5. The number of carboxylic acids is 1. The maximum absolute atomic E-state index is 12.6. The summed E-state index contributed by atoms with van der Waals surface area (Å²) in [5.74, 6) is 0.646. The van der Waals surface area contributed by atoms with E-state index in [-0.39, 0.29) is 5.91 Å². The van der Waals surface area contributed by atoms with Gasteiger partial charge in [0.25, 0.3) is 0 Å². The number of nitrogens with zero attached hydrogens (tertiary/aromatic N) is 1. The molecule has 0 unspecified atom stereocenters. The van der Waals surface area contributed by atoms with Crippen LogP contribution in [0.25, 0.3) is 22.3 Å². The van der Waals surface area contributed by atoms with Crippen LogP contribution in [0.4, 0.5) is 5.69 Å². The van der Waals surface area contributed by atoms with Gasteiger partial charge in [0.05, 0.1) is 12.0 Å². The molecule has 1 heterocycles. The predicted molar refractivity (Wildman–Crippen MR) is 193 cm³/mol. The van der Waals surface area contributed by atoms with E-state index in [9.17, 15) is 9.59 Å². The van der Waals surface area contributed by atoms with Gasteiger partial charge in [-0.15, -0.1) is 0 Å². The molecule has 246 valence electrons. The maximum Gasteiger partial charge on any atom is 0.335 e. The predicted octanol–water partition coefficient (Wildman–Crippen LogP) is 9.45. The second kappa shape index (κ2) is 18.3. The molecule has 7 heteroatoms. The number of carboxylic acid groups (broad SMARTS) is 1. The van der Waals surface area contributed by atoms with Crippen molar-refractivity contribution in [3.8, 4) is 40.3 Å². The number of amides is 1. The summed E-state index contributed by atoms with van der Waals surface area (Å²) in [5.41, 5.74) is 10.2. The average Bonchev–Trinajstić information content (AvgIpc) is 3.11. The molecule has 0 aromatic heterocycles. The van der Waals surface area contributed by atoms with E-state index < -0.39 is 5.97 Å². The number of anilines is 1. The van der Waals surface area contributed by atoms with Gasteiger partial charge in [0, 0.05) is 12.3 Å². The third-order valence-corrected chi connectivity index (χ3v) is 7.35. The average molecular weight is 643 g/mol. The molecule has 0 aliphatic carbocycles. The van der Waals surface area contributed by atoms with E-state index in [1.54, 1.807) is 24.3 Å². The quantitative estimate of drug-likeness (QED) is 0.191. The molecule has 0 saturated heterocycles. The van der Waals surface area contributed by atoms with Crippen molar-refractivity contribution >= 4 is 17.6 Å². The summed E-state index contributed by atoms with van der Waals surface area (Å²) in [5, 5.41) is 18.0. The summed E-state index contributed by atoms with van der Waals surface area (Å²) in [7, 11) is 0. The van der Waals surface area contributed by atoms with Crippen LogP contribution in [-0.4, -0.2) is 30.2 Å². The number of aryl methyl sites for hydroxylation is 3. The number of carbonyl (C=O) groups excluding carboxylic acids is 1. The summed E-state index contributed by atoms with van der Waals surface area (Å²) in [6, 6.07) is 35.2. The first-order chi connectivity index (χ1) is 23.2. The van der Waals surface area contributed by atoms with Crippen LogP contribution in [-0.2, 0) is 11.2 Å². The molecule has 0 spiro atoms. The number of nitrogens with one attached hydrogen (secondary N) is 1. The van der Waals surface area contributed by atoms with Crippen molar-refractivity contribution in [1.29, 1.82) is 5.26 Å². The van der Waals surface area contributed by atoms with Gasteiger partial charge in [-0.1, -0.05) is 97.8 Å². The van der Waals surface area contributed by atoms with Gasteiger partial charge in [0.2, 0.25) is 5.91 Å². The van der Waals surface area contributed by atoms with Gasteiger partial charge in [-0.05, 0) is 90.6 Å². The van der Waals surface area contributed by atoms with Crippen molar-refractivity contribution < 1.29 is 24.2 Å². The van der Waals surface area contributed by atoms with Crippen LogP contribution in [0.15, 0.2) is 109 Å². The number of ether oxygens (including phenoxy) is 2. The van der Waals surface area contributed by atoms with Gasteiger partial charge in [0.1, 0.15) is 13.2 Å². The molecular weight excluding hydrogens is 600 g/mol. The summed E-state index contributed by atoms with van der Waals surface area (Å²) in [6.45, 7) is 14.8. The first-order valence-corrected chi connectivity index (χ1v) is 15.8. The normalized spacial score (nSPS) is 10.8. The Labute approximate surface area is 283 Å². The lowest BCUT2D eigenvalue weighted by atomic mass is 9.98. The van der Waals surface area contributed by atoms with Crippen LogP contribution in [0.5, 0.6) is 11.5 Å². The minimum atomic E-state index is -0.875. The van der Waals surface area contributed by atoms with Crippen LogP contribution in [0.1, 0.15) is 46.5 Å². The Hall–Kier alpha value is -5.87. The van der Waals surface area contributed by atoms with Gasteiger partial charge in [-0.3, -0.25) is 4.79 Å². The van der Waals surface area contributed by atoms with Gasteiger partial charge < -0.3 is 19.9 Å². The number of nitriles is 1. The second-order valence-corrected chi connectivity index (χ2v) is 10.8. The molecule has 0 atom stereocenters. The molecule has 1 aliphatic heterocycles. The summed E-state index contributed by atoms with van der Waals surface area (Å²) in [6.07, 6.45) is 0.320. The highest BCUT2D eigenvalue weighted by molar-refractivity contribution is 5.92. The zero-order chi connectivity index (χ0) is 35.1. The first-order valence-electron chi connectivity index (χ1n) is 15.8. The van der Waals surface area contributed by atoms with E-state index in [2.05, 4.69) is 56.1 Å². The monoisotopic (exact) mass is 642 g/mol. The molecule has 2 N–H and O–H groups in total.